The Morgan fingerprint density at radius 3 is 2.45 bits per heavy atom. The lowest BCUT2D eigenvalue weighted by Gasteiger charge is -2.33. The van der Waals surface area contributed by atoms with E-state index in [1.54, 1.807) is 24.3 Å². The zero-order valence-electron chi connectivity index (χ0n) is 15.5. The van der Waals surface area contributed by atoms with E-state index in [9.17, 15) is 17.8 Å². The molecule has 1 saturated heterocycles. The smallest absolute Gasteiger partial charge is 0.296 e. The van der Waals surface area contributed by atoms with Crippen molar-refractivity contribution in [1.29, 1.82) is 0 Å². The summed E-state index contributed by atoms with van der Waals surface area (Å²) in [5.74, 6) is 0.666. The number of nitrogens with zero attached hydrogens (tertiary/aromatic N) is 1. The minimum absolute atomic E-state index is 0.178. The number of carbonyl (C=O) groups excluding carboxylic acids is 1. The van der Waals surface area contributed by atoms with Crippen LogP contribution in [0, 0.1) is 0 Å². The number of carbonyl (C=O) groups is 1. The van der Waals surface area contributed by atoms with Crippen molar-refractivity contribution in [2.75, 3.05) is 0 Å². The molecular weight excluding hydrogens is 434 g/mol. The first-order valence-corrected chi connectivity index (χ1v) is 12.1. The second kappa shape index (κ2) is 8.18. The van der Waals surface area contributed by atoms with Crippen LogP contribution in [0.15, 0.2) is 45.7 Å². The van der Waals surface area contributed by atoms with Gasteiger partial charge in [-0.25, -0.2) is 0 Å². The standard InChI is InChI=1S/C20H20ClNO5S2/c21-14-8-6-13(7-9-14)17-11-10-16(27-17)12-18-19(23)22(15-4-2-1-3-5-15)20(28-18)29(24,25)26/h6-12,15,20H,1-5H2,(H,24,25,26)/b18-12-. The van der Waals surface area contributed by atoms with Crippen LogP contribution in [0.4, 0.5) is 0 Å². The van der Waals surface area contributed by atoms with E-state index in [4.69, 9.17) is 16.0 Å². The molecule has 1 aromatic heterocycles. The van der Waals surface area contributed by atoms with E-state index < -0.39 is 14.8 Å². The molecule has 1 aliphatic heterocycles. The molecular formula is C20H20ClNO5S2. The first-order valence-electron chi connectivity index (χ1n) is 9.36. The number of benzene rings is 1. The molecule has 2 aliphatic rings. The highest BCUT2D eigenvalue weighted by molar-refractivity contribution is 8.15. The van der Waals surface area contributed by atoms with Crippen LogP contribution in [0.25, 0.3) is 17.4 Å². The number of hydrogen-bond donors (Lipinski definition) is 1. The van der Waals surface area contributed by atoms with Crippen LogP contribution < -0.4 is 0 Å². The highest BCUT2D eigenvalue weighted by atomic mass is 35.5. The Labute approximate surface area is 178 Å². The molecule has 6 nitrogen and oxygen atoms in total. The van der Waals surface area contributed by atoms with Gasteiger partial charge in [-0.05, 0) is 49.2 Å². The third-order valence-corrected chi connectivity index (χ3v) is 8.13. The van der Waals surface area contributed by atoms with Gasteiger partial charge in [-0.2, -0.15) is 8.42 Å². The van der Waals surface area contributed by atoms with Crippen LogP contribution in [0.5, 0.6) is 0 Å². The summed E-state index contributed by atoms with van der Waals surface area (Å²) in [6.45, 7) is 0. The van der Waals surface area contributed by atoms with Gasteiger partial charge >= 0.3 is 0 Å². The molecule has 1 unspecified atom stereocenters. The average molecular weight is 454 g/mol. The van der Waals surface area contributed by atoms with Gasteiger partial charge in [0.15, 0.2) is 0 Å². The van der Waals surface area contributed by atoms with Crippen molar-refractivity contribution in [3.05, 3.63) is 52.1 Å². The summed E-state index contributed by atoms with van der Waals surface area (Å²) < 4.78 is 38.0. The topological polar surface area (TPSA) is 87.8 Å². The van der Waals surface area contributed by atoms with Crippen LogP contribution in [-0.4, -0.2) is 34.5 Å². The highest BCUT2D eigenvalue weighted by Crippen LogP contribution is 2.42. The van der Waals surface area contributed by atoms with Crippen LogP contribution in [0.3, 0.4) is 0 Å². The normalized spacial score (nSPS) is 22.6. The van der Waals surface area contributed by atoms with Crippen LogP contribution >= 0.6 is 23.4 Å². The van der Waals surface area contributed by atoms with Crippen molar-refractivity contribution in [1.82, 2.24) is 4.90 Å². The quantitative estimate of drug-likeness (QED) is 0.516. The number of amides is 1. The van der Waals surface area contributed by atoms with E-state index in [0.29, 0.717) is 16.5 Å². The van der Waals surface area contributed by atoms with Gasteiger partial charge in [0.1, 0.15) is 11.5 Å². The molecule has 2 aromatic rings. The largest absolute Gasteiger partial charge is 0.457 e. The molecule has 1 amide bonds. The number of thioether (sulfide) groups is 1. The van der Waals surface area contributed by atoms with Gasteiger partial charge in [-0.3, -0.25) is 9.35 Å². The van der Waals surface area contributed by atoms with E-state index in [1.807, 2.05) is 12.1 Å². The molecule has 154 valence electrons. The number of rotatable bonds is 4. The van der Waals surface area contributed by atoms with Gasteiger partial charge in [0, 0.05) is 22.7 Å². The third kappa shape index (κ3) is 4.40. The Morgan fingerprint density at radius 1 is 1.10 bits per heavy atom. The maximum atomic E-state index is 13.0. The molecule has 1 aromatic carbocycles. The molecule has 0 spiro atoms. The molecule has 9 heteroatoms. The van der Waals surface area contributed by atoms with E-state index >= 15 is 0 Å². The molecule has 2 heterocycles. The summed E-state index contributed by atoms with van der Waals surface area (Å²) in [6.07, 6.45) is 5.98. The Balaban J connectivity index is 1.62. The minimum Gasteiger partial charge on any atom is -0.457 e. The average Bonchev–Trinajstić information content (AvgIpc) is 3.28. The molecule has 29 heavy (non-hydrogen) atoms. The lowest BCUT2D eigenvalue weighted by atomic mass is 9.94. The van der Waals surface area contributed by atoms with E-state index in [-0.39, 0.29) is 16.9 Å². The summed E-state index contributed by atoms with van der Waals surface area (Å²) in [4.78, 5) is 14.6. The Kier molecular flexibility index (Phi) is 5.79. The lowest BCUT2D eigenvalue weighted by molar-refractivity contribution is -0.128. The van der Waals surface area contributed by atoms with Gasteiger partial charge < -0.3 is 9.32 Å². The highest BCUT2D eigenvalue weighted by Gasteiger charge is 2.47. The molecule has 1 N–H and O–H groups in total. The number of halogens is 1. The second-order valence-electron chi connectivity index (χ2n) is 7.16. The fraction of sp³-hybridized carbons (Fsp3) is 0.350. The van der Waals surface area contributed by atoms with Crippen molar-refractivity contribution in [3.63, 3.8) is 0 Å². The van der Waals surface area contributed by atoms with Gasteiger partial charge in [0.2, 0.25) is 4.71 Å². The lowest BCUT2D eigenvalue weighted by Crippen LogP contribution is -2.45. The number of furan rings is 1. The van der Waals surface area contributed by atoms with Gasteiger partial charge in [0.25, 0.3) is 16.0 Å². The molecule has 0 radical (unpaired) electrons. The maximum absolute atomic E-state index is 13.0. The molecule has 1 aliphatic carbocycles. The zero-order chi connectivity index (χ0) is 20.6. The van der Waals surface area contributed by atoms with Crippen molar-refractivity contribution < 1.29 is 22.2 Å². The fourth-order valence-electron chi connectivity index (χ4n) is 3.76. The van der Waals surface area contributed by atoms with E-state index in [0.717, 1.165) is 49.4 Å². The monoisotopic (exact) mass is 453 g/mol. The first-order chi connectivity index (χ1) is 13.8. The summed E-state index contributed by atoms with van der Waals surface area (Å²) in [5, 5.41) is 0.620. The zero-order valence-corrected chi connectivity index (χ0v) is 17.8. The summed E-state index contributed by atoms with van der Waals surface area (Å²) in [6, 6.07) is 10.5. The van der Waals surface area contributed by atoms with Gasteiger partial charge in [0.05, 0.1) is 4.91 Å². The summed E-state index contributed by atoms with van der Waals surface area (Å²) in [5.41, 5.74) is 0.837. The van der Waals surface area contributed by atoms with Crippen molar-refractivity contribution in [2.45, 2.75) is 42.9 Å². The molecule has 1 atom stereocenters. The molecule has 2 fully saturated rings. The predicted molar refractivity (Wildman–Crippen MR) is 114 cm³/mol. The van der Waals surface area contributed by atoms with Crippen LogP contribution in [-0.2, 0) is 14.9 Å². The number of hydrogen-bond acceptors (Lipinski definition) is 5. The summed E-state index contributed by atoms with van der Waals surface area (Å²) >= 11 is 6.76. The second-order valence-corrected chi connectivity index (χ2v) is 10.5. The summed E-state index contributed by atoms with van der Waals surface area (Å²) in [7, 11) is -4.42. The van der Waals surface area contributed by atoms with Crippen molar-refractivity contribution in [2.24, 2.45) is 0 Å². The van der Waals surface area contributed by atoms with Gasteiger partial charge in [-0.1, -0.05) is 42.6 Å². The Bertz CT molecular complexity index is 1040. The van der Waals surface area contributed by atoms with Gasteiger partial charge in [-0.15, -0.1) is 0 Å². The molecule has 1 saturated carbocycles. The van der Waals surface area contributed by atoms with Crippen LogP contribution in [0.1, 0.15) is 37.9 Å². The van der Waals surface area contributed by atoms with Crippen LogP contribution in [0.2, 0.25) is 5.02 Å². The minimum atomic E-state index is -4.42. The predicted octanol–water partition coefficient (Wildman–Crippen LogP) is 5.02. The fourth-order valence-corrected chi connectivity index (χ4v) is 6.23. The van der Waals surface area contributed by atoms with E-state index in [2.05, 4.69) is 0 Å². The third-order valence-electron chi connectivity index (χ3n) is 5.15. The first kappa shape index (κ1) is 20.5. The Morgan fingerprint density at radius 2 is 1.79 bits per heavy atom. The molecule has 0 bridgehead atoms. The maximum Gasteiger partial charge on any atom is 0.296 e. The van der Waals surface area contributed by atoms with E-state index in [1.165, 1.54) is 11.0 Å². The van der Waals surface area contributed by atoms with Crippen molar-refractivity contribution in [3.8, 4) is 11.3 Å². The molecule has 4 rings (SSSR count). The van der Waals surface area contributed by atoms with Crippen molar-refractivity contribution >= 4 is 45.5 Å². The SMILES string of the molecule is O=C1/C(=C/c2ccc(-c3ccc(Cl)cc3)o2)SC(S(=O)(=O)O)N1C1CCCCC1. The Hall–Kier alpha value is -1.74.